The zero-order valence-corrected chi connectivity index (χ0v) is 8.52. The fourth-order valence-electron chi connectivity index (χ4n) is 0.848. The molecule has 0 atom stereocenters. The standard InChI is InChI=1S/C9H21N2/c1-9(2)11(5)8-6-7-10(3)4/h6-8H2,1-5H3. The van der Waals surface area contributed by atoms with Gasteiger partial charge in [-0.15, -0.1) is 0 Å². The Morgan fingerprint density at radius 1 is 1.00 bits per heavy atom. The molecule has 11 heavy (non-hydrogen) atoms. The molecule has 0 aliphatic rings. The summed E-state index contributed by atoms with van der Waals surface area (Å²) < 4.78 is 0. The van der Waals surface area contributed by atoms with Gasteiger partial charge in [-0.25, -0.2) is 0 Å². The highest BCUT2D eigenvalue weighted by Gasteiger charge is 2.02. The Labute approximate surface area is 71.2 Å². The smallest absolute Gasteiger partial charge is 0.0328 e. The summed E-state index contributed by atoms with van der Waals surface area (Å²) in [5.41, 5.74) is 0. The van der Waals surface area contributed by atoms with E-state index in [1.165, 1.54) is 25.6 Å². The summed E-state index contributed by atoms with van der Waals surface area (Å²) in [4.78, 5) is 4.52. The van der Waals surface area contributed by atoms with E-state index in [9.17, 15) is 0 Å². The summed E-state index contributed by atoms with van der Waals surface area (Å²) in [6.07, 6.45) is 1.24. The van der Waals surface area contributed by atoms with Gasteiger partial charge in [0.05, 0.1) is 0 Å². The summed E-state index contributed by atoms with van der Waals surface area (Å²) in [7, 11) is 6.37. The SMILES string of the molecule is C[C](C)N(C)CCCN(C)C. The van der Waals surface area contributed by atoms with Gasteiger partial charge in [-0.2, -0.15) is 0 Å². The van der Waals surface area contributed by atoms with Crippen LogP contribution in [0.2, 0.25) is 0 Å². The molecule has 0 saturated heterocycles. The van der Waals surface area contributed by atoms with Gasteiger partial charge in [0, 0.05) is 6.04 Å². The van der Waals surface area contributed by atoms with Gasteiger partial charge in [-0.3, -0.25) is 4.90 Å². The van der Waals surface area contributed by atoms with E-state index in [4.69, 9.17) is 0 Å². The van der Waals surface area contributed by atoms with Crippen molar-refractivity contribution in [2.24, 2.45) is 0 Å². The van der Waals surface area contributed by atoms with Crippen LogP contribution >= 0.6 is 0 Å². The van der Waals surface area contributed by atoms with Crippen LogP contribution in [0, 0.1) is 6.04 Å². The third-order valence-electron chi connectivity index (χ3n) is 1.86. The summed E-state index contributed by atoms with van der Waals surface area (Å²) in [5.74, 6) is 0. The van der Waals surface area contributed by atoms with Crippen molar-refractivity contribution in [1.29, 1.82) is 0 Å². The van der Waals surface area contributed by atoms with Crippen molar-refractivity contribution >= 4 is 0 Å². The van der Waals surface area contributed by atoms with Gasteiger partial charge in [0.15, 0.2) is 0 Å². The average Bonchev–Trinajstić information content (AvgIpc) is 1.86. The Morgan fingerprint density at radius 3 is 1.91 bits per heavy atom. The van der Waals surface area contributed by atoms with E-state index in [0.29, 0.717) is 0 Å². The molecule has 0 aromatic rings. The van der Waals surface area contributed by atoms with Gasteiger partial charge in [0.1, 0.15) is 0 Å². The van der Waals surface area contributed by atoms with Gasteiger partial charge in [-0.1, -0.05) is 0 Å². The zero-order chi connectivity index (χ0) is 8.85. The van der Waals surface area contributed by atoms with Crippen LogP contribution < -0.4 is 0 Å². The molecule has 0 amide bonds. The minimum absolute atomic E-state index is 1.17. The van der Waals surface area contributed by atoms with E-state index in [0.717, 1.165) is 0 Å². The maximum atomic E-state index is 2.30. The number of hydrogen-bond acceptors (Lipinski definition) is 2. The quantitative estimate of drug-likeness (QED) is 0.596. The first-order valence-electron chi connectivity index (χ1n) is 4.20. The largest absolute Gasteiger partial charge is 0.309 e. The highest BCUT2D eigenvalue weighted by atomic mass is 15.1. The third kappa shape index (κ3) is 6.32. The second kappa shape index (κ2) is 5.56. The molecule has 0 unspecified atom stereocenters. The minimum Gasteiger partial charge on any atom is -0.309 e. The third-order valence-corrected chi connectivity index (χ3v) is 1.86. The fraction of sp³-hybridized carbons (Fsp3) is 0.889. The Bertz CT molecular complexity index is 89.6. The normalized spacial score (nSPS) is 12.0. The molecule has 0 bridgehead atoms. The van der Waals surface area contributed by atoms with Crippen LogP contribution in [0.15, 0.2) is 0 Å². The first kappa shape index (κ1) is 10.9. The molecule has 0 N–H and O–H groups in total. The predicted molar refractivity (Wildman–Crippen MR) is 50.4 cm³/mol. The molecule has 0 spiro atoms. The molecule has 1 radical (unpaired) electrons. The zero-order valence-electron chi connectivity index (χ0n) is 8.52. The van der Waals surface area contributed by atoms with E-state index < -0.39 is 0 Å². The molecular weight excluding hydrogens is 136 g/mol. The Hall–Kier alpha value is -0.0800. The molecule has 0 fully saturated rings. The van der Waals surface area contributed by atoms with E-state index in [1.807, 2.05) is 0 Å². The van der Waals surface area contributed by atoms with Crippen molar-refractivity contribution in [1.82, 2.24) is 9.80 Å². The lowest BCUT2D eigenvalue weighted by molar-refractivity contribution is 0.314. The predicted octanol–water partition coefficient (Wildman–Crippen LogP) is 1.44. The summed E-state index contributed by atoms with van der Waals surface area (Å²) in [6.45, 7) is 6.64. The van der Waals surface area contributed by atoms with Crippen LogP contribution in [0.25, 0.3) is 0 Å². The van der Waals surface area contributed by atoms with Crippen molar-refractivity contribution in [3.63, 3.8) is 0 Å². The Kier molecular flexibility index (Phi) is 5.51. The van der Waals surface area contributed by atoms with Crippen LogP contribution in [0.5, 0.6) is 0 Å². The monoisotopic (exact) mass is 157 g/mol. The Balaban J connectivity index is 3.24. The first-order chi connectivity index (χ1) is 5.04. The second-order valence-corrected chi connectivity index (χ2v) is 3.53. The maximum absolute atomic E-state index is 2.30. The molecule has 2 heteroatoms. The molecule has 67 valence electrons. The number of hydrogen-bond donors (Lipinski definition) is 0. The summed E-state index contributed by atoms with van der Waals surface area (Å²) in [6, 6.07) is 1.39. The van der Waals surface area contributed by atoms with Crippen molar-refractivity contribution in [3.8, 4) is 0 Å². The van der Waals surface area contributed by atoms with Gasteiger partial charge in [0.2, 0.25) is 0 Å². The van der Waals surface area contributed by atoms with Crippen molar-refractivity contribution < 1.29 is 0 Å². The van der Waals surface area contributed by atoms with Gasteiger partial charge >= 0.3 is 0 Å². The van der Waals surface area contributed by atoms with Crippen LogP contribution in [0.4, 0.5) is 0 Å². The lowest BCUT2D eigenvalue weighted by Crippen LogP contribution is -2.24. The molecule has 0 aromatic carbocycles. The molecule has 0 aliphatic heterocycles. The molecule has 0 saturated carbocycles. The molecular formula is C9H21N2. The van der Waals surface area contributed by atoms with Crippen LogP contribution in [0.3, 0.4) is 0 Å². The topological polar surface area (TPSA) is 6.48 Å². The number of nitrogens with zero attached hydrogens (tertiary/aromatic N) is 2. The van der Waals surface area contributed by atoms with E-state index in [-0.39, 0.29) is 0 Å². The molecule has 0 heterocycles. The molecule has 2 nitrogen and oxygen atoms in total. The van der Waals surface area contributed by atoms with Gasteiger partial charge in [-0.05, 0) is 54.5 Å². The highest BCUT2D eigenvalue weighted by Crippen LogP contribution is 2.02. The van der Waals surface area contributed by atoms with Crippen molar-refractivity contribution in [2.45, 2.75) is 20.3 Å². The summed E-state index contributed by atoms with van der Waals surface area (Å²) >= 11 is 0. The van der Waals surface area contributed by atoms with Crippen molar-refractivity contribution in [2.75, 3.05) is 34.2 Å². The van der Waals surface area contributed by atoms with Gasteiger partial charge in [0.25, 0.3) is 0 Å². The minimum atomic E-state index is 1.17. The summed E-state index contributed by atoms with van der Waals surface area (Å²) in [5, 5.41) is 0. The highest BCUT2D eigenvalue weighted by molar-refractivity contribution is 4.75. The van der Waals surface area contributed by atoms with Crippen molar-refractivity contribution in [3.05, 3.63) is 6.04 Å². The lowest BCUT2D eigenvalue weighted by atomic mass is 10.3. The Morgan fingerprint density at radius 2 is 1.55 bits per heavy atom. The average molecular weight is 157 g/mol. The lowest BCUT2D eigenvalue weighted by Gasteiger charge is -2.20. The molecule has 0 aliphatic carbocycles. The van der Waals surface area contributed by atoms with Crippen LogP contribution in [-0.2, 0) is 0 Å². The fourth-order valence-corrected chi connectivity index (χ4v) is 0.848. The number of rotatable bonds is 5. The maximum Gasteiger partial charge on any atom is 0.0328 e. The van der Waals surface area contributed by atoms with E-state index >= 15 is 0 Å². The van der Waals surface area contributed by atoms with Gasteiger partial charge < -0.3 is 4.90 Å². The van der Waals surface area contributed by atoms with Crippen LogP contribution in [0.1, 0.15) is 20.3 Å². The van der Waals surface area contributed by atoms with E-state index in [2.05, 4.69) is 44.8 Å². The van der Waals surface area contributed by atoms with Crippen LogP contribution in [-0.4, -0.2) is 44.0 Å². The molecule has 0 aromatic heterocycles. The second-order valence-electron chi connectivity index (χ2n) is 3.53. The first-order valence-corrected chi connectivity index (χ1v) is 4.20. The molecule has 0 rings (SSSR count). The van der Waals surface area contributed by atoms with E-state index in [1.54, 1.807) is 0 Å².